The minimum absolute atomic E-state index is 0.385. The van der Waals surface area contributed by atoms with Gasteiger partial charge in [0.05, 0.1) is 6.61 Å². The molecule has 0 aromatic heterocycles. The molecule has 1 heterocycles. The first-order valence-corrected chi connectivity index (χ1v) is 6.05. The van der Waals surface area contributed by atoms with Crippen LogP contribution in [-0.2, 0) is 4.74 Å². The Kier molecular flexibility index (Phi) is 3.06. The first kappa shape index (κ1) is 11.4. The molecule has 2 fully saturated rings. The molecule has 0 unspecified atom stereocenters. The summed E-state index contributed by atoms with van der Waals surface area (Å²) in [6, 6.07) is 0.558. The van der Waals surface area contributed by atoms with E-state index in [1.165, 1.54) is 19.3 Å². The fourth-order valence-electron chi connectivity index (χ4n) is 2.75. The molecule has 0 amide bonds. The van der Waals surface area contributed by atoms with Gasteiger partial charge >= 0.3 is 0 Å². The van der Waals surface area contributed by atoms with Crippen molar-refractivity contribution in [1.29, 1.82) is 0 Å². The van der Waals surface area contributed by atoms with Crippen LogP contribution >= 0.6 is 0 Å². The van der Waals surface area contributed by atoms with E-state index >= 15 is 0 Å². The number of hydrogen-bond acceptors (Lipinski definition) is 3. The molecule has 88 valence electrons. The van der Waals surface area contributed by atoms with Crippen LogP contribution in [0.2, 0.25) is 0 Å². The average molecular weight is 213 g/mol. The van der Waals surface area contributed by atoms with E-state index in [0.29, 0.717) is 31.2 Å². The topological polar surface area (TPSA) is 41.5 Å². The van der Waals surface area contributed by atoms with Crippen LogP contribution in [0.4, 0.5) is 0 Å². The van der Waals surface area contributed by atoms with Gasteiger partial charge in [0.1, 0.15) is 5.60 Å². The lowest BCUT2D eigenvalue weighted by Crippen LogP contribution is -2.47. The van der Waals surface area contributed by atoms with Crippen LogP contribution in [0, 0.1) is 5.41 Å². The molecule has 0 aromatic rings. The van der Waals surface area contributed by atoms with Crippen molar-refractivity contribution >= 4 is 0 Å². The monoisotopic (exact) mass is 213 g/mol. The molecule has 1 saturated heterocycles. The first-order valence-electron chi connectivity index (χ1n) is 6.05. The molecule has 2 aliphatic rings. The molecule has 2 N–H and O–H groups in total. The highest BCUT2D eigenvalue weighted by atomic mass is 16.5. The molecule has 2 atom stereocenters. The maximum absolute atomic E-state index is 10.1. The maximum Gasteiger partial charge on any atom is 0.102 e. The Morgan fingerprint density at radius 2 is 2.20 bits per heavy atom. The largest absolute Gasteiger partial charge is 0.386 e. The molecule has 0 spiro atoms. The van der Waals surface area contributed by atoms with E-state index in [1.54, 1.807) is 0 Å². The SMILES string of the molecule is CC1(C)CCC[C@H]1NC[C@]1(O)CCOC1. The quantitative estimate of drug-likeness (QED) is 0.742. The van der Waals surface area contributed by atoms with Gasteiger partial charge in [0.2, 0.25) is 0 Å². The zero-order chi connectivity index (χ0) is 10.9. The second kappa shape index (κ2) is 4.04. The Morgan fingerprint density at radius 1 is 1.40 bits per heavy atom. The summed E-state index contributed by atoms with van der Waals surface area (Å²) in [5.41, 5.74) is -0.228. The lowest BCUT2D eigenvalue weighted by atomic mass is 9.87. The highest BCUT2D eigenvalue weighted by Gasteiger charge is 2.37. The van der Waals surface area contributed by atoms with Crippen molar-refractivity contribution in [3.63, 3.8) is 0 Å². The molecule has 0 aromatic carbocycles. The molecular weight excluding hydrogens is 190 g/mol. The zero-order valence-corrected chi connectivity index (χ0v) is 9.88. The van der Waals surface area contributed by atoms with Gasteiger partial charge in [0, 0.05) is 25.6 Å². The van der Waals surface area contributed by atoms with Crippen LogP contribution in [0.15, 0.2) is 0 Å². The van der Waals surface area contributed by atoms with Crippen LogP contribution in [0.25, 0.3) is 0 Å². The lowest BCUT2D eigenvalue weighted by Gasteiger charge is -2.31. The Morgan fingerprint density at radius 3 is 2.73 bits per heavy atom. The number of hydrogen-bond donors (Lipinski definition) is 2. The summed E-state index contributed by atoms with van der Waals surface area (Å²) >= 11 is 0. The van der Waals surface area contributed by atoms with Gasteiger partial charge < -0.3 is 15.2 Å². The van der Waals surface area contributed by atoms with Gasteiger partial charge in [-0.25, -0.2) is 0 Å². The summed E-state index contributed by atoms with van der Waals surface area (Å²) in [4.78, 5) is 0. The van der Waals surface area contributed by atoms with Gasteiger partial charge in [0.25, 0.3) is 0 Å². The second-order valence-corrected chi connectivity index (χ2v) is 5.84. The van der Waals surface area contributed by atoms with E-state index < -0.39 is 5.60 Å². The van der Waals surface area contributed by atoms with Crippen LogP contribution in [0.3, 0.4) is 0 Å². The third-order valence-electron chi connectivity index (χ3n) is 4.02. The summed E-state index contributed by atoms with van der Waals surface area (Å²) in [5.74, 6) is 0. The van der Waals surface area contributed by atoms with E-state index in [-0.39, 0.29) is 0 Å². The second-order valence-electron chi connectivity index (χ2n) is 5.84. The Bertz CT molecular complexity index is 222. The molecule has 3 nitrogen and oxygen atoms in total. The van der Waals surface area contributed by atoms with E-state index in [0.717, 1.165) is 6.42 Å². The molecule has 3 heteroatoms. The summed E-state index contributed by atoms with van der Waals surface area (Å²) < 4.78 is 5.24. The van der Waals surface area contributed by atoms with Crippen molar-refractivity contribution in [2.75, 3.05) is 19.8 Å². The summed E-state index contributed by atoms with van der Waals surface area (Å²) in [5, 5.41) is 13.7. The van der Waals surface area contributed by atoms with E-state index in [1.807, 2.05) is 0 Å². The van der Waals surface area contributed by atoms with Crippen LogP contribution in [0.5, 0.6) is 0 Å². The van der Waals surface area contributed by atoms with Crippen molar-refractivity contribution in [2.24, 2.45) is 5.41 Å². The first-order chi connectivity index (χ1) is 7.02. The van der Waals surface area contributed by atoms with Crippen LogP contribution in [-0.4, -0.2) is 36.5 Å². The minimum Gasteiger partial charge on any atom is -0.386 e. The van der Waals surface area contributed by atoms with E-state index in [2.05, 4.69) is 19.2 Å². The van der Waals surface area contributed by atoms with Gasteiger partial charge in [-0.3, -0.25) is 0 Å². The molecule has 0 radical (unpaired) electrons. The zero-order valence-electron chi connectivity index (χ0n) is 9.88. The van der Waals surface area contributed by atoms with Crippen molar-refractivity contribution < 1.29 is 9.84 Å². The predicted molar refractivity (Wildman–Crippen MR) is 59.8 cm³/mol. The minimum atomic E-state index is -0.612. The van der Waals surface area contributed by atoms with Crippen LogP contribution in [0.1, 0.15) is 39.5 Å². The highest BCUT2D eigenvalue weighted by molar-refractivity contribution is 4.93. The number of aliphatic hydroxyl groups is 1. The summed E-state index contributed by atoms with van der Waals surface area (Å²) in [7, 11) is 0. The number of rotatable bonds is 3. The Labute approximate surface area is 92.2 Å². The third kappa shape index (κ3) is 2.52. The molecule has 1 aliphatic heterocycles. The molecule has 2 rings (SSSR count). The fourth-order valence-corrected chi connectivity index (χ4v) is 2.75. The molecular formula is C12H23NO2. The Hall–Kier alpha value is -0.120. The van der Waals surface area contributed by atoms with Gasteiger partial charge in [-0.05, 0) is 18.3 Å². The van der Waals surface area contributed by atoms with Gasteiger partial charge in [-0.15, -0.1) is 0 Å². The lowest BCUT2D eigenvalue weighted by molar-refractivity contribution is 0.0220. The highest BCUT2D eigenvalue weighted by Crippen LogP contribution is 2.37. The average Bonchev–Trinajstić information content (AvgIpc) is 2.70. The molecule has 15 heavy (non-hydrogen) atoms. The predicted octanol–water partition coefficient (Wildman–Crippen LogP) is 1.31. The molecule has 1 aliphatic carbocycles. The maximum atomic E-state index is 10.1. The summed E-state index contributed by atoms with van der Waals surface area (Å²) in [6.45, 7) is 6.50. The molecule has 1 saturated carbocycles. The van der Waals surface area contributed by atoms with Crippen molar-refractivity contribution in [3.05, 3.63) is 0 Å². The number of ether oxygens (including phenoxy) is 1. The van der Waals surface area contributed by atoms with Crippen molar-refractivity contribution in [1.82, 2.24) is 5.32 Å². The smallest absolute Gasteiger partial charge is 0.102 e. The summed E-state index contributed by atoms with van der Waals surface area (Å²) in [6.07, 6.45) is 4.61. The van der Waals surface area contributed by atoms with Crippen molar-refractivity contribution in [2.45, 2.75) is 51.2 Å². The molecule has 0 bridgehead atoms. The van der Waals surface area contributed by atoms with E-state index in [4.69, 9.17) is 4.74 Å². The number of nitrogens with one attached hydrogen (secondary N) is 1. The van der Waals surface area contributed by atoms with Gasteiger partial charge in [-0.1, -0.05) is 20.3 Å². The third-order valence-corrected chi connectivity index (χ3v) is 4.02. The van der Waals surface area contributed by atoms with Crippen LogP contribution < -0.4 is 5.32 Å². The van der Waals surface area contributed by atoms with E-state index in [9.17, 15) is 5.11 Å². The standard InChI is InChI=1S/C12H23NO2/c1-11(2)5-3-4-10(11)13-8-12(14)6-7-15-9-12/h10,13-14H,3-9H2,1-2H3/t10-,12-/m1/s1. The normalized spacial score (nSPS) is 39.8. The van der Waals surface area contributed by atoms with Crippen molar-refractivity contribution in [3.8, 4) is 0 Å². The Balaban J connectivity index is 1.82. The van der Waals surface area contributed by atoms with Gasteiger partial charge in [0.15, 0.2) is 0 Å². The fraction of sp³-hybridized carbons (Fsp3) is 1.00. The van der Waals surface area contributed by atoms with Gasteiger partial charge in [-0.2, -0.15) is 0 Å².